The number of hydrogen-bond donors (Lipinski definition) is 1. The van der Waals surface area contributed by atoms with Gasteiger partial charge in [0.2, 0.25) is 0 Å². The van der Waals surface area contributed by atoms with Gasteiger partial charge in [-0.1, -0.05) is 48.5 Å². The molecule has 3 nitrogen and oxygen atoms in total. The van der Waals surface area contributed by atoms with Crippen molar-refractivity contribution in [2.45, 2.75) is 30.7 Å². The zero-order chi connectivity index (χ0) is 16.4. The van der Waals surface area contributed by atoms with E-state index in [1.54, 1.807) is 0 Å². The van der Waals surface area contributed by atoms with Crippen LogP contribution in [0.15, 0.2) is 73.1 Å². The molecule has 0 saturated heterocycles. The fourth-order valence-corrected chi connectivity index (χ4v) is 4.21. The highest BCUT2D eigenvalue weighted by molar-refractivity contribution is 5.48. The molecule has 0 amide bonds. The van der Waals surface area contributed by atoms with E-state index in [1.807, 2.05) is 6.20 Å². The first-order chi connectivity index (χ1) is 11.8. The molecule has 0 unspecified atom stereocenters. The molecule has 4 rings (SSSR count). The van der Waals surface area contributed by atoms with Crippen LogP contribution in [0.3, 0.4) is 0 Å². The van der Waals surface area contributed by atoms with Gasteiger partial charge in [-0.3, -0.25) is 0 Å². The summed E-state index contributed by atoms with van der Waals surface area (Å²) in [5.74, 6) is 1.15. The smallest absolute Gasteiger partial charge is 0.121 e. The highest BCUT2D eigenvalue weighted by Gasteiger charge is 2.48. The molecule has 1 N–H and O–H groups in total. The van der Waals surface area contributed by atoms with Crippen molar-refractivity contribution in [3.63, 3.8) is 0 Å². The highest BCUT2D eigenvalue weighted by Crippen LogP contribution is 2.46. The standard InChI is InChI=1S/C21H23N3/c1-24-16-15-22-20(24)21(17-9-4-2-5-10-17)14-8-13-19(21)23-18-11-6-3-7-12-18/h2-7,9-12,15-16,19,23H,8,13-14H2,1H3/t19-,21+/m1/s1. The fourth-order valence-electron chi connectivity index (χ4n) is 4.21. The number of benzene rings is 2. The van der Waals surface area contributed by atoms with Crippen LogP contribution in [0.4, 0.5) is 5.69 Å². The Labute approximate surface area is 143 Å². The first kappa shape index (κ1) is 15.0. The molecule has 1 aliphatic rings. The minimum atomic E-state index is -0.0879. The van der Waals surface area contributed by atoms with Gasteiger partial charge < -0.3 is 9.88 Å². The lowest BCUT2D eigenvalue weighted by molar-refractivity contribution is 0.447. The quantitative estimate of drug-likeness (QED) is 0.774. The molecule has 0 spiro atoms. The minimum Gasteiger partial charge on any atom is -0.381 e. The molecule has 2 atom stereocenters. The number of hydrogen-bond acceptors (Lipinski definition) is 2. The van der Waals surface area contributed by atoms with E-state index in [4.69, 9.17) is 4.98 Å². The number of rotatable bonds is 4. The average molecular weight is 317 g/mol. The zero-order valence-corrected chi connectivity index (χ0v) is 14.0. The fraction of sp³-hybridized carbons (Fsp3) is 0.286. The molecule has 0 aliphatic heterocycles. The third-order valence-corrected chi connectivity index (χ3v) is 5.28. The molecule has 1 fully saturated rings. The summed E-state index contributed by atoms with van der Waals surface area (Å²) in [6.07, 6.45) is 7.44. The molecule has 1 heterocycles. The number of para-hydroxylation sites is 1. The summed E-state index contributed by atoms with van der Waals surface area (Å²) in [4.78, 5) is 4.76. The number of anilines is 1. The van der Waals surface area contributed by atoms with E-state index in [0.717, 1.165) is 18.7 Å². The van der Waals surface area contributed by atoms with E-state index >= 15 is 0 Å². The second-order valence-corrected chi connectivity index (χ2v) is 6.65. The van der Waals surface area contributed by atoms with E-state index in [0.29, 0.717) is 6.04 Å². The van der Waals surface area contributed by atoms with Gasteiger partial charge in [-0.15, -0.1) is 0 Å². The predicted molar refractivity (Wildman–Crippen MR) is 98.1 cm³/mol. The molecule has 0 bridgehead atoms. The summed E-state index contributed by atoms with van der Waals surface area (Å²) >= 11 is 0. The van der Waals surface area contributed by atoms with Crippen molar-refractivity contribution < 1.29 is 0 Å². The van der Waals surface area contributed by atoms with E-state index < -0.39 is 0 Å². The van der Waals surface area contributed by atoms with Gasteiger partial charge in [-0.2, -0.15) is 0 Å². The SMILES string of the molecule is Cn1ccnc1[C@]1(c2ccccc2)CCC[C@H]1Nc1ccccc1. The summed E-state index contributed by atoms with van der Waals surface area (Å²) in [5, 5.41) is 3.79. The summed E-state index contributed by atoms with van der Waals surface area (Å²) < 4.78 is 2.18. The van der Waals surface area contributed by atoms with Gasteiger partial charge in [0.25, 0.3) is 0 Å². The number of aromatic nitrogens is 2. The van der Waals surface area contributed by atoms with Crippen LogP contribution in [0, 0.1) is 0 Å². The summed E-state index contributed by atoms with van der Waals surface area (Å²) in [6.45, 7) is 0. The molecule has 122 valence electrons. The Bertz CT molecular complexity index is 794. The van der Waals surface area contributed by atoms with E-state index in [9.17, 15) is 0 Å². The number of nitrogens with zero attached hydrogens (tertiary/aromatic N) is 2. The molecule has 0 radical (unpaired) electrons. The molecule has 3 heteroatoms. The van der Waals surface area contributed by atoms with Crippen molar-refractivity contribution in [1.82, 2.24) is 9.55 Å². The van der Waals surface area contributed by atoms with E-state index in [-0.39, 0.29) is 5.41 Å². The van der Waals surface area contributed by atoms with Crippen LogP contribution in [0.2, 0.25) is 0 Å². The number of imidazole rings is 1. The highest BCUT2D eigenvalue weighted by atomic mass is 15.1. The van der Waals surface area contributed by atoms with Crippen LogP contribution in [-0.2, 0) is 12.5 Å². The second-order valence-electron chi connectivity index (χ2n) is 6.65. The van der Waals surface area contributed by atoms with Crippen molar-refractivity contribution in [3.8, 4) is 0 Å². The first-order valence-corrected chi connectivity index (χ1v) is 8.65. The van der Waals surface area contributed by atoms with Crippen molar-refractivity contribution in [2.24, 2.45) is 7.05 Å². The molecule has 1 saturated carbocycles. The van der Waals surface area contributed by atoms with Gasteiger partial charge in [-0.25, -0.2) is 4.98 Å². The predicted octanol–water partition coefficient (Wildman–Crippen LogP) is 4.37. The molecule has 24 heavy (non-hydrogen) atoms. The lowest BCUT2D eigenvalue weighted by Gasteiger charge is -2.36. The monoisotopic (exact) mass is 317 g/mol. The van der Waals surface area contributed by atoms with Gasteiger partial charge >= 0.3 is 0 Å². The maximum Gasteiger partial charge on any atom is 0.121 e. The van der Waals surface area contributed by atoms with Gasteiger partial charge in [0.1, 0.15) is 5.82 Å². The van der Waals surface area contributed by atoms with E-state index in [1.165, 1.54) is 17.7 Å². The maximum atomic E-state index is 4.76. The Morgan fingerprint density at radius 2 is 1.75 bits per heavy atom. The van der Waals surface area contributed by atoms with Gasteiger partial charge in [0.15, 0.2) is 0 Å². The van der Waals surface area contributed by atoms with Crippen molar-refractivity contribution in [2.75, 3.05) is 5.32 Å². The Morgan fingerprint density at radius 3 is 2.42 bits per heavy atom. The normalized spacial score (nSPS) is 23.3. The summed E-state index contributed by atoms with van der Waals surface area (Å²) in [5.41, 5.74) is 2.44. The minimum absolute atomic E-state index is 0.0879. The van der Waals surface area contributed by atoms with Crippen LogP contribution >= 0.6 is 0 Å². The zero-order valence-electron chi connectivity index (χ0n) is 14.0. The summed E-state index contributed by atoms with van der Waals surface area (Å²) in [6, 6.07) is 21.7. The van der Waals surface area contributed by atoms with Crippen LogP contribution in [-0.4, -0.2) is 15.6 Å². The average Bonchev–Trinajstić information content (AvgIpc) is 3.23. The largest absolute Gasteiger partial charge is 0.381 e. The Hall–Kier alpha value is -2.55. The van der Waals surface area contributed by atoms with Crippen LogP contribution in [0.25, 0.3) is 0 Å². The van der Waals surface area contributed by atoms with Crippen molar-refractivity contribution >= 4 is 5.69 Å². The molecular weight excluding hydrogens is 294 g/mol. The summed E-state index contributed by atoms with van der Waals surface area (Å²) in [7, 11) is 2.10. The van der Waals surface area contributed by atoms with Crippen molar-refractivity contribution in [1.29, 1.82) is 0 Å². The van der Waals surface area contributed by atoms with Crippen LogP contribution in [0.5, 0.6) is 0 Å². The third kappa shape index (κ3) is 2.41. The second kappa shape index (κ2) is 6.16. The number of aryl methyl sites for hydroxylation is 1. The van der Waals surface area contributed by atoms with Crippen molar-refractivity contribution in [3.05, 3.63) is 84.4 Å². The van der Waals surface area contributed by atoms with Crippen LogP contribution in [0.1, 0.15) is 30.7 Å². The Balaban J connectivity index is 1.82. The molecule has 2 aromatic carbocycles. The lowest BCUT2D eigenvalue weighted by atomic mass is 9.74. The molecule has 1 aromatic heterocycles. The molecule has 1 aliphatic carbocycles. The van der Waals surface area contributed by atoms with Gasteiger partial charge in [-0.05, 0) is 37.0 Å². The third-order valence-electron chi connectivity index (χ3n) is 5.28. The van der Waals surface area contributed by atoms with E-state index in [2.05, 4.69) is 83.8 Å². The molecule has 3 aromatic rings. The van der Waals surface area contributed by atoms with Gasteiger partial charge in [0, 0.05) is 31.2 Å². The van der Waals surface area contributed by atoms with Crippen LogP contribution < -0.4 is 5.32 Å². The van der Waals surface area contributed by atoms with Gasteiger partial charge in [0.05, 0.1) is 5.41 Å². The number of nitrogens with one attached hydrogen (secondary N) is 1. The maximum absolute atomic E-state index is 4.76. The first-order valence-electron chi connectivity index (χ1n) is 8.65. The Kier molecular flexibility index (Phi) is 3.85. The lowest BCUT2D eigenvalue weighted by Crippen LogP contribution is -2.43. The molecular formula is C21H23N3. The Morgan fingerprint density at radius 1 is 1.04 bits per heavy atom. The topological polar surface area (TPSA) is 29.9 Å².